The van der Waals surface area contributed by atoms with Gasteiger partial charge in [0.1, 0.15) is 6.17 Å². The van der Waals surface area contributed by atoms with Crippen LogP contribution in [0.2, 0.25) is 0 Å². The lowest BCUT2D eigenvalue weighted by atomic mass is 9.83. The van der Waals surface area contributed by atoms with E-state index in [4.69, 9.17) is 4.74 Å². The number of carbonyl (C=O) groups is 1. The zero-order valence-electron chi connectivity index (χ0n) is 16.7. The molecule has 6 nitrogen and oxygen atoms in total. The number of aromatic carboxylic acids is 1. The SMILES string of the molecule is COCCN1c2cc(C(=O)O)ccc2NC1C(O)(c1ccccc1)c1ccccc1. The van der Waals surface area contributed by atoms with Crippen molar-refractivity contribution in [2.45, 2.75) is 11.8 Å². The second kappa shape index (κ2) is 8.18. The monoisotopic (exact) mass is 404 g/mol. The van der Waals surface area contributed by atoms with Gasteiger partial charge in [0.05, 0.1) is 23.5 Å². The average molecular weight is 404 g/mol. The zero-order chi connectivity index (χ0) is 21.1. The first kappa shape index (κ1) is 19.9. The molecule has 1 atom stereocenters. The Labute approximate surface area is 175 Å². The van der Waals surface area contributed by atoms with E-state index in [1.54, 1.807) is 25.3 Å². The molecule has 3 N–H and O–H groups in total. The third-order valence-electron chi connectivity index (χ3n) is 5.52. The van der Waals surface area contributed by atoms with Crippen molar-refractivity contribution >= 4 is 17.3 Å². The van der Waals surface area contributed by atoms with E-state index >= 15 is 0 Å². The van der Waals surface area contributed by atoms with Crippen LogP contribution in [0.3, 0.4) is 0 Å². The van der Waals surface area contributed by atoms with Gasteiger partial charge in [0.15, 0.2) is 5.60 Å². The quantitative estimate of drug-likeness (QED) is 0.559. The minimum absolute atomic E-state index is 0.196. The molecule has 6 heteroatoms. The van der Waals surface area contributed by atoms with Crippen LogP contribution >= 0.6 is 0 Å². The molecular formula is C24H24N2O4. The van der Waals surface area contributed by atoms with Crippen molar-refractivity contribution in [3.05, 3.63) is 95.6 Å². The summed E-state index contributed by atoms with van der Waals surface area (Å²) >= 11 is 0. The molecule has 30 heavy (non-hydrogen) atoms. The molecule has 154 valence electrons. The fourth-order valence-electron chi connectivity index (χ4n) is 4.02. The fourth-order valence-corrected chi connectivity index (χ4v) is 4.02. The van der Waals surface area contributed by atoms with Crippen LogP contribution in [0.15, 0.2) is 78.9 Å². The summed E-state index contributed by atoms with van der Waals surface area (Å²) in [6.07, 6.45) is -0.559. The number of carboxylic acid groups (broad SMARTS) is 1. The van der Waals surface area contributed by atoms with Gasteiger partial charge in [-0.05, 0) is 29.3 Å². The van der Waals surface area contributed by atoms with Gasteiger partial charge in [0.2, 0.25) is 0 Å². The number of nitrogens with one attached hydrogen (secondary N) is 1. The highest BCUT2D eigenvalue weighted by atomic mass is 16.5. The van der Waals surface area contributed by atoms with Crippen LogP contribution in [0.4, 0.5) is 11.4 Å². The van der Waals surface area contributed by atoms with Crippen molar-refractivity contribution in [2.75, 3.05) is 30.5 Å². The maximum absolute atomic E-state index is 12.2. The normalized spacial score (nSPS) is 15.5. The number of methoxy groups -OCH3 is 1. The number of hydrogen-bond acceptors (Lipinski definition) is 5. The number of rotatable bonds is 7. The standard InChI is InChI=1S/C24H24N2O4/c1-30-15-14-26-21-16-17(22(27)28)12-13-20(21)25-23(26)24(29,18-8-4-2-5-9-18)19-10-6-3-7-11-19/h2-13,16,23,25,29H,14-15H2,1H3,(H,27,28). The van der Waals surface area contributed by atoms with E-state index in [9.17, 15) is 15.0 Å². The third-order valence-corrected chi connectivity index (χ3v) is 5.52. The van der Waals surface area contributed by atoms with Crippen LogP contribution in [-0.4, -0.2) is 42.6 Å². The Hall–Kier alpha value is -3.35. The molecule has 1 heterocycles. The van der Waals surface area contributed by atoms with E-state index in [2.05, 4.69) is 5.32 Å². The highest BCUT2D eigenvalue weighted by Crippen LogP contribution is 2.44. The lowest BCUT2D eigenvalue weighted by molar-refractivity contribution is 0.0576. The summed E-state index contributed by atoms with van der Waals surface area (Å²) in [5.41, 5.74) is 1.78. The fraction of sp³-hybridized carbons (Fsp3) is 0.208. The highest BCUT2D eigenvalue weighted by Gasteiger charge is 2.47. The second-order valence-corrected chi connectivity index (χ2v) is 7.27. The molecular weight excluding hydrogens is 380 g/mol. The number of hydrogen-bond donors (Lipinski definition) is 3. The summed E-state index contributed by atoms with van der Waals surface area (Å²) in [5.74, 6) is -0.991. The summed E-state index contributed by atoms with van der Waals surface area (Å²) in [5, 5.41) is 25.1. The zero-order valence-corrected chi connectivity index (χ0v) is 16.7. The van der Waals surface area contributed by atoms with Gasteiger partial charge in [-0.15, -0.1) is 0 Å². The molecule has 0 saturated heterocycles. The molecule has 1 aliphatic heterocycles. The van der Waals surface area contributed by atoms with Crippen LogP contribution in [0.1, 0.15) is 21.5 Å². The van der Waals surface area contributed by atoms with Gasteiger partial charge in [-0.3, -0.25) is 0 Å². The highest BCUT2D eigenvalue weighted by molar-refractivity contribution is 5.92. The summed E-state index contributed by atoms with van der Waals surface area (Å²) in [7, 11) is 1.62. The molecule has 3 aromatic carbocycles. The number of carboxylic acids is 1. The average Bonchev–Trinajstić information content (AvgIpc) is 3.16. The smallest absolute Gasteiger partial charge is 0.335 e. The molecule has 1 unspecified atom stereocenters. The summed E-state index contributed by atoms with van der Waals surface area (Å²) < 4.78 is 5.30. The lowest BCUT2D eigenvalue weighted by Gasteiger charge is -2.40. The number of nitrogens with zero attached hydrogens (tertiary/aromatic N) is 1. The topological polar surface area (TPSA) is 82.0 Å². The van der Waals surface area contributed by atoms with Crippen LogP contribution < -0.4 is 10.2 Å². The Balaban J connectivity index is 1.86. The van der Waals surface area contributed by atoms with Gasteiger partial charge in [-0.25, -0.2) is 4.79 Å². The van der Waals surface area contributed by atoms with Gasteiger partial charge in [0.25, 0.3) is 0 Å². The summed E-state index contributed by atoms with van der Waals surface area (Å²) in [4.78, 5) is 13.5. The van der Waals surface area contributed by atoms with Gasteiger partial charge in [-0.1, -0.05) is 60.7 Å². The number of aliphatic hydroxyl groups is 1. The molecule has 0 amide bonds. The molecule has 3 aromatic rings. The van der Waals surface area contributed by atoms with Crippen LogP contribution in [0, 0.1) is 0 Å². The molecule has 0 fully saturated rings. The number of fused-ring (bicyclic) bond motifs is 1. The van der Waals surface area contributed by atoms with Gasteiger partial charge >= 0.3 is 5.97 Å². The molecule has 4 rings (SSSR count). The van der Waals surface area contributed by atoms with Gasteiger partial charge < -0.3 is 25.2 Å². The van der Waals surface area contributed by atoms with E-state index in [0.29, 0.717) is 13.2 Å². The Morgan fingerprint density at radius 1 is 1.03 bits per heavy atom. The Kier molecular flexibility index (Phi) is 5.44. The van der Waals surface area contributed by atoms with E-state index in [0.717, 1.165) is 22.5 Å². The second-order valence-electron chi connectivity index (χ2n) is 7.27. The predicted molar refractivity (Wildman–Crippen MR) is 116 cm³/mol. The summed E-state index contributed by atoms with van der Waals surface area (Å²) in [6.45, 7) is 0.904. The van der Waals surface area contributed by atoms with Crippen LogP contribution in [0.25, 0.3) is 0 Å². The molecule has 1 aliphatic rings. The first-order valence-corrected chi connectivity index (χ1v) is 9.78. The first-order chi connectivity index (χ1) is 14.6. The minimum Gasteiger partial charge on any atom is -0.478 e. The lowest BCUT2D eigenvalue weighted by Crippen LogP contribution is -2.54. The molecule has 0 aliphatic carbocycles. The molecule has 0 saturated carbocycles. The number of anilines is 2. The molecule has 0 aromatic heterocycles. The van der Waals surface area contributed by atoms with Crippen molar-refractivity contribution in [3.8, 4) is 0 Å². The molecule has 0 bridgehead atoms. The van der Waals surface area contributed by atoms with E-state index in [-0.39, 0.29) is 5.56 Å². The number of benzene rings is 3. The molecule has 0 spiro atoms. The first-order valence-electron chi connectivity index (χ1n) is 9.78. The minimum atomic E-state index is -1.39. The third kappa shape index (κ3) is 3.40. The Morgan fingerprint density at radius 2 is 1.63 bits per heavy atom. The van der Waals surface area contributed by atoms with Crippen molar-refractivity contribution in [1.82, 2.24) is 0 Å². The van der Waals surface area contributed by atoms with E-state index in [1.807, 2.05) is 65.6 Å². The Morgan fingerprint density at radius 3 is 2.17 bits per heavy atom. The largest absolute Gasteiger partial charge is 0.478 e. The maximum Gasteiger partial charge on any atom is 0.335 e. The van der Waals surface area contributed by atoms with Crippen LogP contribution in [-0.2, 0) is 10.3 Å². The van der Waals surface area contributed by atoms with E-state index in [1.165, 1.54) is 0 Å². The van der Waals surface area contributed by atoms with Gasteiger partial charge in [-0.2, -0.15) is 0 Å². The van der Waals surface area contributed by atoms with Crippen molar-refractivity contribution in [2.24, 2.45) is 0 Å². The van der Waals surface area contributed by atoms with Crippen molar-refractivity contribution in [1.29, 1.82) is 0 Å². The van der Waals surface area contributed by atoms with Gasteiger partial charge in [0, 0.05) is 13.7 Å². The Bertz CT molecular complexity index is 984. The van der Waals surface area contributed by atoms with E-state index < -0.39 is 17.7 Å². The molecule has 0 radical (unpaired) electrons. The maximum atomic E-state index is 12.2. The van der Waals surface area contributed by atoms with Crippen molar-refractivity contribution < 1.29 is 19.7 Å². The van der Waals surface area contributed by atoms with Crippen LogP contribution in [0.5, 0.6) is 0 Å². The van der Waals surface area contributed by atoms with Crippen molar-refractivity contribution in [3.63, 3.8) is 0 Å². The number of ether oxygens (including phenoxy) is 1. The summed E-state index contributed by atoms with van der Waals surface area (Å²) in [6, 6.07) is 23.9. The predicted octanol–water partition coefficient (Wildman–Crippen LogP) is 3.53.